The summed E-state index contributed by atoms with van der Waals surface area (Å²) in [4.78, 5) is 28.1. The van der Waals surface area contributed by atoms with Gasteiger partial charge in [-0.25, -0.2) is 0 Å². The van der Waals surface area contributed by atoms with Crippen molar-refractivity contribution in [3.63, 3.8) is 0 Å². The molecule has 174 valence electrons. The van der Waals surface area contributed by atoms with Crippen molar-refractivity contribution in [3.05, 3.63) is 89.1 Å². The van der Waals surface area contributed by atoms with Gasteiger partial charge in [-0.3, -0.25) is 14.5 Å². The second-order valence-corrected chi connectivity index (χ2v) is 9.91. The van der Waals surface area contributed by atoms with Crippen molar-refractivity contribution in [2.75, 3.05) is 4.90 Å². The lowest BCUT2D eigenvalue weighted by Gasteiger charge is -2.43. The van der Waals surface area contributed by atoms with Gasteiger partial charge >= 0.3 is 6.18 Å². The third kappa shape index (κ3) is 3.81. The van der Waals surface area contributed by atoms with E-state index in [1.165, 1.54) is 18.2 Å². The molecule has 0 spiro atoms. The van der Waals surface area contributed by atoms with Crippen LogP contribution in [0.3, 0.4) is 0 Å². The summed E-state index contributed by atoms with van der Waals surface area (Å²) < 4.78 is 41.6. The van der Waals surface area contributed by atoms with Gasteiger partial charge in [0, 0.05) is 30.0 Å². The second-order valence-electron chi connectivity index (χ2n) is 9.91. The Labute approximate surface area is 195 Å². The Bertz CT molecular complexity index is 1350. The van der Waals surface area contributed by atoms with E-state index < -0.39 is 29.0 Å². The molecule has 3 nitrogen and oxygen atoms in total. The van der Waals surface area contributed by atoms with Crippen LogP contribution in [0.15, 0.2) is 78.0 Å². The number of Topliss-reactive ketones (excluding diaryl/α,β-unsaturated/α-hetero) is 1. The molecule has 0 saturated carbocycles. The molecule has 0 fully saturated rings. The molecule has 1 heterocycles. The Balaban J connectivity index is 1.72. The number of para-hydroxylation sites is 1. The SMILES string of the molecule is CC1(C)CC(=O)C2=C(C1)N(c1ccccc1C(F)(F)F)C(=O)CC2c1ccc2ccccc2c1. The van der Waals surface area contributed by atoms with Gasteiger partial charge in [0.15, 0.2) is 5.78 Å². The van der Waals surface area contributed by atoms with Gasteiger partial charge in [-0.2, -0.15) is 13.2 Å². The van der Waals surface area contributed by atoms with Crippen molar-refractivity contribution in [1.82, 2.24) is 0 Å². The van der Waals surface area contributed by atoms with Crippen molar-refractivity contribution in [1.29, 1.82) is 0 Å². The number of ketones is 1. The summed E-state index contributed by atoms with van der Waals surface area (Å²) >= 11 is 0. The third-order valence-corrected chi connectivity index (χ3v) is 6.77. The highest BCUT2D eigenvalue weighted by molar-refractivity contribution is 6.08. The van der Waals surface area contributed by atoms with Crippen molar-refractivity contribution >= 4 is 28.2 Å². The van der Waals surface area contributed by atoms with Crippen LogP contribution < -0.4 is 4.90 Å². The van der Waals surface area contributed by atoms with Crippen molar-refractivity contribution < 1.29 is 22.8 Å². The lowest BCUT2D eigenvalue weighted by Crippen LogP contribution is -2.44. The minimum absolute atomic E-state index is 0.0600. The predicted octanol–water partition coefficient (Wildman–Crippen LogP) is 7.02. The molecule has 1 atom stereocenters. The molecule has 2 aliphatic rings. The number of carbonyl (C=O) groups excluding carboxylic acids is 2. The van der Waals surface area contributed by atoms with E-state index in [0.717, 1.165) is 27.3 Å². The number of hydrogen-bond donors (Lipinski definition) is 0. The van der Waals surface area contributed by atoms with E-state index in [-0.39, 0.29) is 17.9 Å². The molecule has 1 aliphatic heterocycles. The van der Waals surface area contributed by atoms with Crippen LogP contribution in [0.2, 0.25) is 0 Å². The number of halogens is 3. The molecule has 0 N–H and O–H groups in total. The van der Waals surface area contributed by atoms with Gasteiger partial charge in [0.05, 0.1) is 11.3 Å². The van der Waals surface area contributed by atoms with Crippen molar-refractivity contribution in [3.8, 4) is 0 Å². The molecular formula is C28H24F3NO2. The highest BCUT2D eigenvalue weighted by Gasteiger charge is 2.46. The van der Waals surface area contributed by atoms with E-state index >= 15 is 0 Å². The summed E-state index contributed by atoms with van der Waals surface area (Å²) in [5, 5.41) is 2.03. The number of hydrogen-bond acceptors (Lipinski definition) is 2. The van der Waals surface area contributed by atoms with Crippen molar-refractivity contribution in [2.45, 2.75) is 45.2 Å². The Morgan fingerprint density at radius 2 is 1.56 bits per heavy atom. The van der Waals surface area contributed by atoms with E-state index in [2.05, 4.69) is 0 Å². The molecule has 34 heavy (non-hydrogen) atoms. The van der Waals surface area contributed by atoms with E-state index in [9.17, 15) is 22.8 Å². The van der Waals surface area contributed by atoms with Crippen LogP contribution in [0.1, 0.15) is 50.2 Å². The van der Waals surface area contributed by atoms with Crippen LogP contribution in [0.5, 0.6) is 0 Å². The Morgan fingerprint density at radius 1 is 0.882 bits per heavy atom. The van der Waals surface area contributed by atoms with Crippen LogP contribution in [0, 0.1) is 5.41 Å². The fourth-order valence-electron chi connectivity index (χ4n) is 5.31. The zero-order valence-electron chi connectivity index (χ0n) is 18.9. The maximum atomic E-state index is 13.9. The smallest absolute Gasteiger partial charge is 0.294 e. The lowest BCUT2D eigenvalue weighted by molar-refractivity contribution is -0.137. The monoisotopic (exact) mass is 463 g/mol. The quantitative estimate of drug-likeness (QED) is 0.409. The molecule has 1 amide bonds. The number of anilines is 1. The lowest BCUT2D eigenvalue weighted by atomic mass is 9.69. The van der Waals surface area contributed by atoms with Crippen LogP contribution in [-0.4, -0.2) is 11.7 Å². The first-order chi connectivity index (χ1) is 16.0. The van der Waals surface area contributed by atoms with E-state index in [1.54, 1.807) is 0 Å². The topological polar surface area (TPSA) is 37.4 Å². The molecule has 1 aliphatic carbocycles. The van der Waals surface area contributed by atoms with Gasteiger partial charge in [0.2, 0.25) is 5.91 Å². The van der Waals surface area contributed by atoms with E-state index in [1.807, 2.05) is 56.3 Å². The van der Waals surface area contributed by atoms with Crippen molar-refractivity contribution in [2.24, 2.45) is 5.41 Å². The fraction of sp³-hybridized carbons (Fsp3) is 0.286. The first kappa shape index (κ1) is 22.4. The average Bonchev–Trinajstić information content (AvgIpc) is 2.76. The van der Waals surface area contributed by atoms with Crippen LogP contribution >= 0.6 is 0 Å². The van der Waals surface area contributed by atoms with Gasteiger partial charge in [-0.1, -0.05) is 68.4 Å². The highest BCUT2D eigenvalue weighted by Crippen LogP contribution is 2.50. The number of benzene rings is 3. The van der Waals surface area contributed by atoms with Gasteiger partial charge in [-0.05, 0) is 40.3 Å². The normalized spacial score (nSPS) is 20.6. The number of allylic oxidation sites excluding steroid dienone is 2. The summed E-state index contributed by atoms with van der Waals surface area (Å²) in [6.45, 7) is 3.82. The van der Waals surface area contributed by atoms with Gasteiger partial charge in [0.25, 0.3) is 0 Å². The zero-order valence-corrected chi connectivity index (χ0v) is 18.9. The predicted molar refractivity (Wildman–Crippen MR) is 125 cm³/mol. The molecule has 0 bridgehead atoms. The van der Waals surface area contributed by atoms with E-state index in [0.29, 0.717) is 24.1 Å². The van der Waals surface area contributed by atoms with Crippen LogP contribution in [0.4, 0.5) is 18.9 Å². The summed E-state index contributed by atoms with van der Waals surface area (Å²) in [6.07, 6.45) is -4.05. The molecule has 0 radical (unpaired) electrons. The molecule has 0 aromatic heterocycles. The maximum absolute atomic E-state index is 13.9. The molecular weight excluding hydrogens is 439 g/mol. The number of carbonyl (C=O) groups is 2. The Hall–Kier alpha value is -3.41. The first-order valence-corrected chi connectivity index (χ1v) is 11.3. The van der Waals surface area contributed by atoms with Crippen LogP contribution in [-0.2, 0) is 15.8 Å². The fourth-order valence-corrected chi connectivity index (χ4v) is 5.31. The maximum Gasteiger partial charge on any atom is 0.418 e. The molecule has 6 heteroatoms. The van der Waals surface area contributed by atoms with E-state index in [4.69, 9.17) is 0 Å². The van der Waals surface area contributed by atoms with Gasteiger partial charge in [0.1, 0.15) is 0 Å². The third-order valence-electron chi connectivity index (χ3n) is 6.77. The van der Waals surface area contributed by atoms with Gasteiger partial charge < -0.3 is 0 Å². The number of nitrogens with zero attached hydrogens (tertiary/aromatic N) is 1. The Kier molecular flexibility index (Phi) is 5.15. The van der Waals surface area contributed by atoms with Gasteiger partial charge in [-0.15, -0.1) is 0 Å². The van der Waals surface area contributed by atoms with Crippen LogP contribution in [0.25, 0.3) is 10.8 Å². The second kappa shape index (κ2) is 7.83. The summed E-state index contributed by atoms with van der Waals surface area (Å²) in [6, 6.07) is 18.8. The number of rotatable bonds is 2. The Morgan fingerprint density at radius 3 is 2.29 bits per heavy atom. The molecule has 3 aromatic carbocycles. The largest absolute Gasteiger partial charge is 0.418 e. The summed E-state index contributed by atoms with van der Waals surface area (Å²) in [5.41, 5.74) is 0.132. The molecule has 0 saturated heterocycles. The summed E-state index contributed by atoms with van der Waals surface area (Å²) in [7, 11) is 0. The average molecular weight is 463 g/mol. The number of alkyl halides is 3. The minimum atomic E-state index is -4.62. The molecule has 3 aromatic rings. The minimum Gasteiger partial charge on any atom is -0.294 e. The zero-order chi connectivity index (χ0) is 24.3. The molecule has 1 unspecified atom stereocenters. The molecule has 5 rings (SSSR count). The first-order valence-electron chi connectivity index (χ1n) is 11.3. The number of fused-ring (bicyclic) bond motifs is 1. The highest BCUT2D eigenvalue weighted by atomic mass is 19.4. The standard InChI is InChI=1S/C28H24F3NO2/c1-27(2)15-23-26(24(33)16-27)20(19-12-11-17-7-3-4-8-18(17)13-19)14-25(34)32(23)22-10-6-5-9-21(22)28(29,30)31/h3-13,20H,14-16H2,1-2H3. The summed E-state index contributed by atoms with van der Waals surface area (Å²) in [5.74, 6) is -1.02. The number of amides is 1.